The third kappa shape index (κ3) is 3.35. The van der Waals surface area contributed by atoms with Crippen LogP contribution in [0, 0.1) is 0 Å². The Morgan fingerprint density at radius 2 is 1.89 bits per heavy atom. The van der Waals surface area contributed by atoms with E-state index < -0.39 is 36.1 Å². The van der Waals surface area contributed by atoms with E-state index in [0.29, 0.717) is 5.56 Å². The maximum absolute atomic E-state index is 12.4. The average Bonchev–Trinajstić information content (AvgIpc) is 2.52. The maximum atomic E-state index is 12.4. The van der Waals surface area contributed by atoms with Gasteiger partial charge in [-0.25, -0.2) is 4.57 Å². The van der Waals surface area contributed by atoms with Gasteiger partial charge < -0.3 is 0 Å². The van der Waals surface area contributed by atoms with Gasteiger partial charge in [0.15, 0.2) is 0 Å². The van der Waals surface area contributed by atoms with Gasteiger partial charge in [-0.15, -0.1) is 8.39 Å². The van der Waals surface area contributed by atoms with Crippen molar-refractivity contribution in [2.45, 2.75) is 12.2 Å². The molecule has 0 saturated carbocycles. The van der Waals surface area contributed by atoms with Gasteiger partial charge in [0.25, 0.3) is 10.1 Å². The highest BCUT2D eigenvalue weighted by Gasteiger charge is 2.44. The fourth-order valence-corrected chi connectivity index (χ4v) is 3.58. The molecule has 100 valence electrons. The first-order valence-electron chi connectivity index (χ1n) is 4.90. The van der Waals surface area contributed by atoms with E-state index in [2.05, 4.69) is 8.71 Å². The zero-order valence-corrected chi connectivity index (χ0v) is 10.6. The molecule has 0 bridgehead atoms. The molecule has 5 nitrogen and oxygen atoms in total. The zero-order valence-electron chi connectivity index (χ0n) is 8.90. The maximum Gasteiger partial charge on any atom is 0.552 e. The highest BCUT2D eigenvalue weighted by Crippen LogP contribution is 2.54. The number of hydrogen-bond acceptors (Lipinski definition) is 5. The van der Waals surface area contributed by atoms with Crippen molar-refractivity contribution < 1.29 is 30.1 Å². The lowest BCUT2D eigenvalue weighted by molar-refractivity contribution is 0.0888. The molecule has 2 atom stereocenters. The Morgan fingerprint density at radius 1 is 1.28 bits per heavy atom. The topological polar surface area (TPSA) is 69.7 Å². The van der Waals surface area contributed by atoms with Gasteiger partial charge in [0.1, 0.15) is 18.0 Å². The summed E-state index contributed by atoms with van der Waals surface area (Å²) >= 11 is 0. The molecule has 0 radical (unpaired) electrons. The molecule has 0 amide bonds. The first-order chi connectivity index (χ1) is 8.27. The molecule has 1 aromatic carbocycles. The lowest BCUT2D eigenvalue weighted by Gasteiger charge is -2.16. The average molecular weight is 298 g/mol. The van der Waals surface area contributed by atoms with Crippen LogP contribution in [0.15, 0.2) is 30.3 Å². The molecule has 1 aliphatic rings. The van der Waals surface area contributed by atoms with Crippen LogP contribution in [0.3, 0.4) is 0 Å². The Hall–Kier alpha value is -0.820. The fourth-order valence-electron chi connectivity index (χ4n) is 1.70. The Bertz CT molecular complexity index is 570. The number of halogens is 2. The van der Waals surface area contributed by atoms with E-state index >= 15 is 0 Å². The molecule has 0 aliphatic carbocycles. The molecule has 0 N–H and O–H groups in total. The van der Waals surface area contributed by atoms with Crippen molar-refractivity contribution >= 4 is 18.1 Å². The summed E-state index contributed by atoms with van der Waals surface area (Å²) in [4.78, 5) is 0. The van der Waals surface area contributed by atoms with Crippen molar-refractivity contribution in [3.8, 4) is 0 Å². The van der Waals surface area contributed by atoms with Crippen LogP contribution in [0.2, 0.25) is 0 Å². The van der Waals surface area contributed by atoms with Crippen LogP contribution in [-0.2, 0) is 23.4 Å². The second-order valence-electron chi connectivity index (χ2n) is 3.71. The van der Waals surface area contributed by atoms with Gasteiger partial charge in [0.2, 0.25) is 0 Å². The molecule has 1 fully saturated rings. The van der Waals surface area contributed by atoms with Crippen molar-refractivity contribution in [1.29, 1.82) is 0 Å². The predicted molar refractivity (Wildman–Crippen MR) is 58.8 cm³/mol. The predicted octanol–water partition coefficient (Wildman–Crippen LogP) is 2.52. The number of hydrogen-bond donors (Lipinski definition) is 0. The van der Waals surface area contributed by atoms with E-state index in [1.165, 1.54) is 12.1 Å². The van der Waals surface area contributed by atoms with Crippen molar-refractivity contribution in [1.82, 2.24) is 0 Å². The van der Waals surface area contributed by atoms with Crippen LogP contribution in [0.5, 0.6) is 0 Å². The van der Waals surface area contributed by atoms with Crippen LogP contribution in [0.1, 0.15) is 11.7 Å². The number of rotatable bonds is 3. The minimum atomic E-state index is -5.77. The van der Waals surface area contributed by atoms with E-state index in [4.69, 9.17) is 0 Å². The highest BCUT2D eigenvalue weighted by molar-refractivity contribution is 7.87. The molecule has 1 heterocycles. The van der Waals surface area contributed by atoms with Gasteiger partial charge in [-0.3, -0.25) is 8.71 Å². The summed E-state index contributed by atoms with van der Waals surface area (Å²) in [6, 6.07) is 7.92. The van der Waals surface area contributed by atoms with Gasteiger partial charge in [0, 0.05) is 0 Å². The highest BCUT2D eigenvalue weighted by atomic mass is 32.2. The zero-order chi connectivity index (χ0) is 13.4. The molecule has 1 saturated heterocycles. The van der Waals surface area contributed by atoms with Crippen molar-refractivity contribution in [3.63, 3.8) is 0 Å². The van der Waals surface area contributed by atoms with E-state index in [1.54, 1.807) is 18.2 Å². The van der Waals surface area contributed by atoms with E-state index in [1.807, 2.05) is 0 Å². The van der Waals surface area contributed by atoms with Crippen LogP contribution in [0.25, 0.3) is 0 Å². The fraction of sp³-hybridized carbons (Fsp3) is 0.333. The first-order valence-corrected chi connectivity index (χ1v) is 7.89. The Balaban J connectivity index is 2.29. The molecule has 2 unspecified atom stereocenters. The number of benzene rings is 1. The molecule has 18 heavy (non-hydrogen) atoms. The smallest absolute Gasteiger partial charge is 0.273 e. The standard InChI is InChI=1S/C9H9F2O5PS/c10-17(11,12)15-8-6-18(13,14)16-9(8)7-4-2-1-3-5-7/h1-5,8-9H,6H2. The quantitative estimate of drug-likeness (QED) is 0.633. The third-order valence-electron chi connectivity index (χ3n) is 2.34. The summed E-state index contributed by atoms with van der Waals surface area (Å²) in [5.74, 6) is -0.746. The van der Waals surface area contributed by atoms with E-state index in [0.717, 1.165) is 0 Å². The largest absolute Gasteiger partial charge is 0.552 e. The Labute approximate surface area is 103 Å². The van der Waals surface area contributed by atoms with E-state index in [-0.39, 0.29) is 0 Å². The second-order valence-corrected chi connectivity index (χ2v) is 6.39. The van der Waals surface area contributed by atoms with Crippen LogP contribution in [0.4, 0.5) is 8.39 Å². The lowest BCUT2D eigenvalue weighted by atomic mass is 10.1. The van der Waals surface area contributed by atoms with Crippen LogP contribution >= 0.6 is 7.99 Å². The Morgan fingerprint density at radius 3 is 2.44 bits per heavy atom. The van der Waals surface area contributed by atoms with Crippen molar-refractivity contribution in [2.24, 2.45) is 0 Å². The molecule has 1 aliphatic heterocycles. The summed E-state index contributed by atoms with van der Waals surface area (Å²) in [6.07, 6.45) is -2.67. The van der Waals surface area contributed by atoms with Gasteiger partial charge in [0.05, 0.1) is 0 Å². The molecule has 1 aromatic rings. The van der Waals surface area contributed by atoms with Crippen LogP contribution < -0.4 is 0 Å². The minimum Gasteiger partial charge on any atom is -0.273 e. The van der Waals surface area contributed by atoms with Gasteiger partial charge in [-0.2, -0.15) is 8.42 Å². The molecular formula is C9H9F2O5PS. The monoisotopic (exact) mass is 298 g/mol. The normalized spacial score (nSPS) is 27.2. The second kappa shape index (κ2) is 4.70. The minimum absolute atomic E-state index is 0.372. The van der Waals surface area contributed by atoms with Crippen molar-refractivity contribution in [3.05, 3.63) is 35.9 Å². The Kier molecular flexibility index (Phi) is 3.55. The summed E-state index contributed by atoms with van der Waals surface area (Å²) in [7, 11) is -9.72. The van der Waals surface area contributed by atoms with Crippen LogP contribution in [-0.4, -0.2) is 20.3 Å². The molecule has 0 spiro atoms. The summed E-state index contributed by atoms with van der Waals surface area (Å²) < 4.78 is 66.4. The van der Waals surface area contributed by atoms with Crippen molar-refractivity contribution in [2.75, 3.05) is 5.75 Å². The summed E-state index contributed by atoms with van der Waals surface area (Å²) in [5.41, 5.74) is 0.372. The van der Waals surface area contributed by atoms with Gasteiger partial charge in [-0.05, 0) is 5.56 Å². The third-order valence-corrected chi connectivity index (χ3v) is 4.10. The van der Waals surface area contributed by atoms with Gasteiger partial charge >= 0.3 is 7.99 Å². The summed E-state index contributed by atoms with van der Waals surface area (Å²) in [6.45, 7) is 0. The SMILES string of the molecule is O=P(F)(F)OC1CS(=O)(=O)OC1c1ccccc1. The lowest BCUT2D eigenvalue weighted by Crippen LogP contribution is -2.18. The summed E-state index contributed by atoms with van der Waals surface area (Å²) in [5, 5.41) is 0. The van der Waals surface area contributed by atoms with Gasteiger partial charge in [-0.1, -0.05) is 30.3 Å². The molecule has 9 heteroatoms. The molecule has 2 rings (SSSR count). The first kappa shape index (κ1) is 13.6. The molecule has 0 aromatic heterocycles. The molecular weight excluding hydrogens is 289 g/mol. The van der Waals surface area contributed by atoms with E-state index in [9.17, 15) is 21.4 Å².